The molecule has 1 aromatic carbocycles. The molecule has 0 fully saturated rings. The SMILES string of the molecule is CC(=O)CCc1cc(F)cc(Br)c1. The van der Waals surface area contributed by atoms with Gasteiger partial charge >= 0.3 is 0 Å². The van der Waals surface area contributed by atoms with E-state index in [-0.39, 0.29) is 11.6 Å². The zero-order valence-corrected chi connectivity index (χ0v) is 8.90. The third-order valence-corrected chi connectivity index (χ3v) is 2.15. The Labute approximate surface area is 85.1 Å². The van der Waals surface area contributed by atoms with Gasteiger partial charge in [0.15, 0.2) is 0 Å². The summed E-state index contributed by atoms with van der Waals surface area (Å²) in [5, 5.41) is 0. The van der Waals surface area contributed by atoms with E-state index >= 15 is 0 Å². The quantitative estimate of drug-likeness (QED) is 0.799. The normalized spacial score (nSPS) is 10.1. The Morgan fingerprint density at radius 1 is 1.46 bits per heavy atom. The molecule has 0 amide bonds. The number of Topliss-reactive ketones (excluding diaryl/α,β-unsaturated/α-hetero) is 1. The van der Waals surface area contributed by atoms with E-state index < -0.39 is 0 Å². The van der Waals surface area contributed by atoms with Crippen molar-refractivity contribution in [3.63, 3.8) is 0 Å². The molecule has 0 heterocycles. The molecule has 3 heteroatoms. The van der Waals surface area contributed by atoms with Crippen molar-refractivity contribution in [3.8, 4) is 0 Å². The third-order valence-electron chi connectivity index (χ3n) is 1.69. The van der Waals surface area contributed by atoms with Gasteiger partial charge in [-0.1, -0.05) is 15.9 Å². The van der Waals surface area contributed by atoms with Crippen molar-refractivity contribution in [2.24, 2.45) is 0 Å². The minimum atomic E-state index is -0.270. The molecule has 0 spiro atoms. The minimum absolute atomic E-state index is 0.125. The van der Waals surface area contributed by atoms with Crippen LogP contribution < -0.4 is 0 Å². The van der Waals surface area contributed by atoms with Crippen LogP contribution in [0, 0.1) is 5.82 Å². The number of carbonyl (C=O) groups is 1. The Bertz CT molecular complexity index is 302. The summed E-state index contributed by atoms with van der Waals surface area (Å²) in [4.78, 5) is 10.7. The van der Waals surface area contributed by atoms with Crippen molar-refractivity contribution in [3.05, 3.63) is 34.1 Å². The lowest BCUT2D eigenvalue weighted by molar-refractivity contribution is -0.116. The van der Waals surface area contributed by atoms with Crippen LogP contribution in [0.1, 0.15) is 18.9 Å². The monoisotopic (exact) mass is 244 g/mol. The van der Waals surface area contributed by atoms with Crippen molar-refractivity contribution in [1.82, 2.24) is 0 Å². The average molecular weight is 245 g/mol. The molecule has 0 aliphatic heterocycles. The molecule has 0 saturated heterocycles. The first kappa shape index (κ1) is 10.4. The first-order valence-electron chi connectivity index (χ1n) is 4.02. The van der Waals surface area contributed by atoms with Gasteiger partial charge in [0.25, 0.3) is 0 Å². The number of carbonyl (C=O) groups excluding carboxylic acids is 1. The third kappa shape index (κ3) is 3.68. The molecule has 1 aromatic rings. The number of hydrogen-bond donors (Lipinski definition) is 0. The number of rotatable bonds is 3. The highest BCUT2D eigenvalue weighted by atomic mass is 79.9. The van der Waals surface area contributed by atoms with Crippen LogP contribution in [0.25, 0.3) is 0 Å². The Morgan fingerprint density at radius 2 is 2.15 bits per heavy atom. The molecule has 0 bridgehead atoms. The van der Waals surface area contributed by atoms with Gasteiger partial charge in [-0.05, 0) is 37.1 Å². The molecule has 1 rings (SSSR count). The predicted octanol–water partition coefficient (Wildman–Crippen LogP) is 3.11. The average Bonchev–Trinajstić information content (AvgIpc) is 1.99. The van der Waals surface area contributed by atoms with Gasteiger partial charge in [-0.2, -0.15) is 0 Å². The molecule has 0 aliphatic carbocycles. The number of aryl methyl sites for hydroxylation is 1. The zero-order chi connectivity index (χ0) is 9.84. The first-order chi connectivity index (χ1) is 6.08. The fourth-order valence-corrected chi connectivity index (χ4v) is 1.59. The highest BCUT2D eigenvalue weighted by Crippen LogP contribution is 2.15. The molecule has 0 aliphatic rings. The Morgan fingerprint density at radius 3 is 2.69 bits per heavy atom. The Balaban J connectivity index is 2.71. The molecular formula is C10H10BrFO. The van der Waals surface area contributed by atoms with Crippen LogP contribution in [-0.4, -0.2) is 5.78 Å². The molecule has 0 atom stereocenters. The second kappa shape index (κ2) is 4.51. The van der Waals surface area contributed by atoms with Gasteiger partial charge in [0.2, 0.25) is 0 Å². The van der Waals surface area contributed by atoms with E-state index in [0.29, 0.717) is 17.3 Å². The number of ketones is 1. The second-order valence-corrected chi connectivity index (χ2v) is 3.90. The smallest absolute Gasteiger partial charge is 0.130 e. The summed E-state index contributed by atoms with van der Waals surface area (Å²) in [5.74, 6) is -0.145. The summed E-state index contributed by atoms with van der Waals surface area (Å²) < 4.78 is 13.6. The van der Waals surface area contributed by atoms with Crippen LogP contribution in [0.5, 0.6) is 0 Å². The van der Waals surface area contributed by atoms with E-state index in [1.807, 2.05) is 6.07 Å². The fraction of sp³-hybridized carbons (Fsp3) is 0.300. The zero-order valence-electron chi connectivity index (χ0n) is 7.31. The second-order valence-electron chi connectivity index (χ2n) is 2.98. The summed E-state index contributed by atoms with van der Waals surface area (Å²) in [6.45, 7) is 1.54. The van der Waals surface area contributed by atoms with Crippen LogP contribution in [0.15, 0.2) is 22.7 Å². The predicted molar refractivity (Wildman–Crippen MR) is 53.1 cm³/mol. The molecule has 0 saturated carbocycles. The summed E-state index contributed by atoms with van der Waals surface area (Å²) in [6.07, 6.45) is 1.07. The van der Waals surface area contributed by atoms with E-state index in [2.05, 4.69) is 15.9 Å². The molecule has 0 N–H and O–H groups in total. The summed E-state index contributed by atoms with van der Waals surface area (Å²) in [6, 6.07) is 4.68. The maximum Gasteiger partial charge on any atom is 0.130 e. The van der Waals surface area contributed by atoms with Crippen molar-refractivity contribution >= 4 is 21.7 Å². The fourth-order valence-electron chi connectivity index (χ4n) is 1.08. The van der Waals surface area contributed by atoms with Crippen LogP contribution in [0.3, 0.4) is 0 Å². The highest BCUT2D eigenvalue weighted by molar-refractivity contribution is 9.10. The molecule has 0 unspecified atom stereocenters. The topological polar surface area (TPSA) is 17.1 Å². The molecule has 1 nitrogen and oxygen atoms in total. The van der Waals surface area contributed by atoms with Crippen molar-refractivity contribution < 1.29 is 9.18 Å². The lowest BCUT2D eigenvalue weighted by atomic mass is 10.1. The van der Waals surface area contributed by atoms with Gasteiger partial charge in [-0.3, -0.25) is 0 Å². The van der Waals surface area contributed by atoms with E-state index in [9.17, 15) is 9.18 Å². The van der Waals surface area contributed by atoms with Crippen LogP contribution in [0.2, 0.25) is 0 Å². The lowest BCUT2D eigenvalue weighted by Gasteiger charge is -2.00. The number of halogens is 2. The summed E-state index contributed by atoms with van der Waals surface area (Å²) >= 11 is 3.20. The Kier molecular flexibility index (Phi) is 3.60. The van der Waals surface area contributed by atoms with Crippen LogP contribution in [-0.2, 0) is 11.2 Å². The van der Waals surface area contributed by atoms with Gasteiger partial charge in [0.1, 0.15) is 11.6 Å². The maximum absolute atomic E-state index is 12.8. The molecule has 0 radical (unpaired) electrons. The van der Waals surface area contributed by atoms with Gasteiger partial charge in [-0.25, -0.2) is 4.39 Å². The minimum Gasteiger partial charge on any atom is -0.300 e. The molecule has 13 heavy (non-hydrogen) atoms. The number of benzene rings is 1. The largest absolute Gasteiger partial charge is 0.300 e. The first-order valence-corrected chi connectivity index (χ1v) is 4.81. The maximum atomic E-state index is 12.8. The van der Waals surface area contributed by atoms with Gasteiger partial charge < -0.3 is 4.79 Å². The van der Waals surface area contributed by atoms with Crippen molar-refractivity contribution in [2.45, 2.75) is 19.8 Å². The summed E-state index contributed by atoms with van der Waals surface area (Å²) in [7, 11) is 0. The molecular weight excluding hydrogens is 235 g/mol. The van der Waals surface area contributed by atoms with Crippen molar-refractivity contribution in [2.75, 3.05) is 0 Å². The standard InChI is InChI=1S/C10H10BrFO/c1-7(13)2-3-8-4-9(11)6-10(12)5-8/h4-6H,2-3H2,1H3. The van der Waals surface area contributed by atoms with E-state index in [4.69, 9.17) is 0 Å². The van der Waals surface area contributed by atoms with Crippen molar-refractivity contribution in [1.29, 1.82) is 0 Å². The molecule has 70 valence electrons. The highest BCUT2D eigenvalue weighted by Gasteiger charge is 2.00. The summed E-state index contributed by atoms with van der Waals surface area (Å²) in [5.41, 5.74) is 0.849. The van der Waals surface area contributed by atoms with E-state index in [1.165, 1.54) is 19.1 Å². The van der Waals surface area contributed by atoms with E-state index in [0.717, 1.165) is 5.56 Å². The van der Waals surface area contributed by atoms with Gasteiger partial charge in [0, 0.05) is 10.9 Å². The number of hydrogen-bond acceptors (Lipinski definition) is 1. The van der Waals surface area contributed by atoms with Gasteiger partial charge in [-0.15, -0.1) is 0 Å². The lowest BCUT2D eigenvalue weighted by Crippen LogP contribution is -1.94. The van der Waals surface area contributed by atoms with E-state index in [1.54, 1.807) is 0 Å². The van der Waals surface area contributed by atoms with Gasteiger partial charge in [0.05, 0.1) is 0 Å². The Hall–Kier alpha value is -0.700. The molecule has 0 aromatic heterocycles. The van der Waals surface area contributed by atoms with Crippen LogP contribution >= 0.6 is 15.9 Å². The van der Waals surface area contributed by atoms with Crippen LogP contribution in [0.4, 0.5) is 4.39 Å².